The molecule has 2 heteroatoms. The lowest BCUT2D eigenvalue weighted by Crippen LogP contribution is -2.29. The lowest BCUT2D eigenvalue weighted by atomic mass is 9.66. The van der Waals surface area contributed by atoms with Crippen LogP contribution in [0.1, 0.15) is 99.0 Å². The molecular weight excluding hydrogens is 356 g/mol. The van der Waals surface area contributed by atoms with E-state index in [-0.39, 0.29) is 5.97 Å². The Kier molecular flexibility index (Phi) is 7.91. The van der Waals surface area contributed by atoms with Crippen molar-refractivity contribution in [1.82, 2.24) is 0 Å². The fourth-order valence-electron chi connectivity index (χ4n) is 4.71. The van der Waals surface area contributed by atoms with Crippen molar-refractivity contribution >= 4 is 5.97 Å². The Hall–Kier alpha value is -2.09. The van der Waals surface area contributed by atoms with Gasteiger partial charge in [-0.2, -0.15) is 0 Å². The van der Waals surface area contributed by atoms with E-state index in [2.05, 4.69) is 19.1 Å². The molecule has 3 rings (SSSR count). The van der Waals surface area contributed by atoms with Crippen LogP contribution < -0.4 is 4.74 Å². The molecule has 1 saturated carbocycles. The monoisotopic (exact) mass is 392 g/mol. The van der Waals surface area contributed by atoms with E-state index in [9.17, 15) is 4.79 Å². The zero-order chi connectivity index (χ0) is 20.5. The molecule has 0 radical (unpaired) electrons. The molecule has 0 amide bonds. The van der Waals surface area contributed by atoms with Crippen LogP contribution in [0.5, 0.6) is 5.75 Å². The van der Waals surface area contributed by atoms with Gasteiger partial charge in [0.15, 0.2) is 0 Å². The lowest BCUT2D eigenvalue weighted by Gasteiger charge is -2.38. The third kappa shape index (κ3) is 5.95. The maximum absolute atomic E-state index is 12.4. The van der Waals surface area contributed by atoms with E-state index in [1.54, 1.807) is 0 Å². The van der Waals surface area contributed by atoms with Crippen LogP contribution >= 0.6 is 0 Å². The van der Waals surface area contributed by atoms with Crippen LogP contribution in [0.2, 0.25) is 0 Å². The van der Waals surface area contributed by atoms with Gasteiger partial charge in [-0.25, -0.2) is 4.79 Å². The summed E-state index contributed by atoms with van der Waals surface area (Å²) in [6.07, 6.45) is 14.6. The van der Waals surface area contributed by atoms with Gasteiger partial charge in [-0.05, 0) is 61.4 Å². The summed E-state index contributed by atoms with van der Waals surface area (Å²) in [5.41, 5.74) is 3.49. The second-order valence-electron chi connectivity index (χ2n) is 8.79. The molecule has 2 nitrogen and oxygen atoms in total. The number of carbonyl (C=O) groups excluding carboxylic acids is 1. The van der Waals surface area contributed by atoms with Crippen molar-refractivity contribution in [2.45, 2.75) is 89.9 Å². The molecule has 0 aliphatic heterocycles. The summed E-state index contributed by atoms with van der Waals surface area (Å²) in [5, 5.41) is 0. The third-order valence-corrected chi connectivity index (χ3v) is 6.53. The Labute approximate surface area is 176 Å². The summed E-state index contributed by atoms with van der Waals surface area (Å²) in [6, 6.07) is 15.9. The SMILES string of the molecule is CCCCCCCC1(c2ccc(OC(=O)c3ccc(C)cc3)cc2)CCCCC1. The smallest absolute Gasteiger partial charge is 0.343 e. The van der Waals surface area contributed by atoms with Gasteiger partial charge >= 0.3 is 5.97 Å². The second kappa shape index (κ2) is 10.6. The van der Waals surface area contributed by atoms with Crippen LogP contribution in [0.3, 0.4) is 0 Å². The average Bonchev–Trinajstić information content (AvgIpc) is 2.75. The molecule has 0 saturated heterocycles. The fraction of sp³-hybridized carbons (Fsp3) is 0.519. The molecule has 0 heterocycles. The van der Waals surface area contributed by atoms with Crippen molar-refractivity contribution in [2.24, 2.45) is 0 Å². The third-order valence-electron chi connectivity index (χ3n) is 6.53. The van der Waals surface area contributed by atoms with Gasteiger partial charge in [0.25, 0.3) is 0 Å². The van der Waals surface area contributed by atoms with Crippen LogP contribution in [0.4, 0.5) is 0 Å². The Morgan fingerprint density at radius 2 is 1.52 bits per heavy atom. The Morgan fingerprint density at radius 1 is 0.862 bits per heavy atom. The van der Waals surface area contributed by atoms with E-state index < -0.39 is 0 Å². The zero-order valence-corrected chi connectivity index (χ0v) is 18.2. The molecule has 1 aliphatic rings. The van der Waals surface area contributed by atoms with Gasteiger partial charge in [0.05, 0.1) is 5.56 Å². The Morgan fingerprint density at radius 3 is 2.17 bits per heavy atom. The molecule has 2 aromatic rings. The van der Waals surface area contributed by atoms with Gasteiger partial charge in [0.1, 0.15) is 5.75 Å². The summed E-state index contributed by atoms with van der Waals surface area (Å²) in [6.45, 7) is 4.29. The summed E-state index contributed by atoms with van der Waals surface area (Å²) in [5.74, 6) is 0.342. The molecular formula is C27H36O2. The summed E-state index contributed by atoms with van der Waals surface area (Å²) < 4.78 is 5.60. The Bertz CT molecular complexity index is 752. The van der Waals surface area contributed by atoms with Gasteiger partial charge in [0, 0.05) is 0 Å². The first-order valence-corrected chi connectivity index (χ1v) is 11.5. The minimum absolute atomic E-state index is 0.291. The fourth-order valence-corrected chi connectivity index (χ4v) is 4.71. The molecule has 2 aromatic carbocycles. The van der Waals surface area contributed by atoms with Gasteiger partial charge < -0.3 is 4.74 Å². The minimum Gasteiger partial charge on any atom is -0.423 e. The van der Waals surface area contributed by atoms with Crippen molar-refractivity contribution in [3.8, 4) is 5.75 Å². The lowest BCUT2D eigenvalue weighted by molar-refractivity contribution is 0.0734. The molecule has 0 unspecified atom stereocenters. The highest BCUT2D eigenvalue weighted by Gasteiger charge is 2.33. The van der Waals surface area contributed by atoms with E-state index in [4.69, 9.17) is 4.74 Å². The predicted molar refractivity (Wildman–Crippen MR) is 121 cm³/mol. The van der Waals surface area contributed by atoms with Crippen LogP contribution in [0, 0.1) is 6.92 Å². The first-order chi connectivity index (χ1) is 14.1. The number of rotatable bonds is 9. The van der Waals surface area contributed by atoms with Crippen LogP contribution in [0.25, 0.3) is 0 Å². The number of esters is 1. The van der Waals surface area contributed by atoms with Crippen LogP contribution in [-0.4, -0.2) is 5.97 Å². The average molecular weight is 393 g/mol. The first-order valence-electron chi connectivity index (χ1n) is 11.5. The van der Waals surface area contributed by atoms with Gasteiger partial charge in [-0.15, -0.1) is 0 Å². The van der Waals surface area contributed by atoms with E-state index in [0.717, 1.165) is 5.56 Å². The molecule has 0 N–H and O–H groups in total. The summed E-state index contributed by atoms with van der Waals surface area (Å²) >= 11 is 0. The number of aryl methyl sites for hydroxylation is 1. The molecule has 0 spiro atoms. The number of carbonyl (C=O) groups is 1. The molecule has 29 heavy (non-hydrogen) atoms. The summed E-state index contributed by atoms with van der Waals surface area (Å²) in [7, 11) is 0. The van der Waals surface area contributed by atoms with Crippen LogP contribution in [0.15, 0.2) is 48.5 Å². The van der Waals surface area contributed by atoms with E-state index in [1.807, 2.05) is 43.3 Å². The predicted octanol–water partition coefficient (Wildman–Crippen LogP) is 7.78. The minimum atomic E-state index is -0.291. The van der Waals surface area contributed by atoms with Crippen molar-refractivity contribution in [2.75, 3.05) is 0 Å². The number of hydrogen-bond acceptors (Lipinski definition) is 2. The second-order valence-corrected chi connectivity index (χ2v) is 8.79. The molecule has 0 aromatic heterocycles. The van der Waals surface area contributed by atoms with Crippen molar-refractivity contribution in [1.29, 1.82) is 0 Å². The number of ether oxygens (including phenoxy) is 1. The normalized spacial score (nSPS) is 15.8. The van der Waals surface area contributed by atoms with Gasteiger partial charge in [-0.3, -0.25) is 0 Å². The highest BCUT2D eigenvalue weighted by molar-refractivity contribution is 5.91. The van der Waals surface area contributed by atoms with E-state index in [1.165, 1.54) is 76.2 Å². The molecule has 0 atom stereocenters. The molecule has 1 aliphatic carbocycles. The van der Waals surface area contributed by atoms with E-state index >= 15 is 0 Å². The van der Waals surface area contributed by atoms with Gasteiger partial charge in [-0.1, -0.05) is 88.1 Å². The van der Waals surface area contributed by atoms with E-state index in [0.29, 0.717) is 16.7 Å². The maximum atomic E-state index is 12.4. The number of hydrogen-bond donors (Lipinski definition) is 0. The zero-order valence-electron chi connectivity index (χ0n) is 18.2. The topological polar surface area (TPSA) is 26.3 Å². The standard InChI is InChI=1S/C27H36O2/c1-3-4-5-6-8-19-27(20-9-7-10-21-27)24-15-17-25(18-16-24)29-26(28)23-13-11-22(2)12-14-23/h11-18H,3-10,19-21H2,1-2H3. The molecule has 1 fully saturated rings. The quantitative estimate of drug-likeness (QED) is 0.247. The molecule has 0 bridgehead atoms. The Balaban J connectivity index is 1.65. The van der Waals surface area contributed by atoms with Crippen molar-refractivity contribution in [3.05, 3.63) is 65.2 Å². The maximum Gasteiger partial charge on any atom is 0.343 e. The number of unbranched alkanes of at least 4 members (excludes halogenated alkanes) is 4. The number of benzene rings is 2. The van der Waals surface area contributed by atoms with Crippen molar-refractivity contribution < 1.29 is 9.53 Å². The largest absolute Gasteiger partial charge is 0.423 e. The first kappa shape index (κ1) is 21.6. The van der Waals surface area contributed by atoms with Crippen LogP contribution in [-0.2, 0) is 5.41 Å². The summed E-state index contributed by atoms with van der Waals surface area (Å²) in [4.78, 5) is 12.4. The van der Waals surface area contributed by atoms with Gasteiger partial charge in [0.2, 0.25) is 0 Å². The highest BCUT2D eigenvalue weighted by Crippen LogP contribution is 2.43. The van der Waals surface area contributed by atoms with Crippen molar-refractivity contribution in [3.63, 3.8) is 0 Å². The molecule has 156 valence electrons. The highest BCUT2D eigenvalue weighted by atomic mass is 16.5.